The van der Waals surface area contributed by atoms with Crippen molar-refractivity contribution in [3.8, 4) is 39.6 Å². The highest BCUT2D eigenvalue weighted by Crippen LogP contribution is 2.62. The van der Waals surface area contributed by atoms with Crippen LogP contribution in [0.1, 0.15) is 71.5 Å². The first kappa shape index (κ1) is 37.6. The van der Waals surface area contributed by atoms with Crippen molar-refractivity contribution in [2.75, 3.05) is 0 Å². The molecule has 3 aliphatic rings. The summed E-state index contributed by atoms with van der Waals surface area (Å²) in [7, 11) is 0. The molecule has 8 aromatic carbocycles. The predicted molar refractivity (Wildman–Crippen MR) is 266 cm³/mol. The summed E-state index contributed by atoms with van der Waals surface area (Å²) >= 11 is 0. The summed E-state index contributed by atoms with van der Waals surface area (Å²) in [6.07, 6.45) is 6.23. The van der Waals surface area contributed by atoms with Gasteiger partial charge >= 0.3 is 0 Å². The third-order valence-corrected chi connectivity index (χ3v) is 14.5. The molecule has 0 radical (unpaired) electrons. The molecule has 1 spiro atoms. The number of aromatic nitrogens is 4. The minimum atomic E-state index is -0.392. The van der Waals surface area contributed by atoms with E-state index in [0.29, 0.717) is 11.6 Å². The van der Waals surface area contributed by atoms with Crippen LogP contribution in [-0.4, -0.2) is 19.5 Å². The quantitative estimate of drug-likeness (QED) is 0.173. The van der Waals surface area contributed by atoms with Gasteiger partial charge in [-0.1, -0.05) is 190 Å². The fourth-order valence-corrected chi connectivity index (χ4v) is 11.5. The van der Waals surface area contributed by atoms with E-state index >= 15 is 0 Å². The number of nitrogens with zero attached hydrogens (tertiary/aromatic N) is 4. The van der Waals surface area contributed by atoms with Crippen molar-refractivity contribution in [1.82, 2.24) is 19.5 Å². The second-order valence-electron chi connectivity index (χ2n) is 18.2. The predicted octanol–water partition coefficient (Wildman–Crippen LogP) is 14.6. The highest BCUT2D eigenvalue weighted by Gasteiger charge is 2.53. The lowest BCUT2D eigenvalue weighted by Crippen LogP contribution is -2.40. The third-order valence-electron chi connectivity index (χ3n) is 14.5. The van der Waals surface area contributed by atoms with Crippen LogP contribution < -0.4 is 0 Å². The first-order valence-electron chi connectivity index (χ1n) is 22.7. The summed E-state index contributed by atoms with van der Waals surface area (Å²) in [5.74, 6) is 2.05. The average molecular weight is 833 g/mol. The van der Waals surface area contributed by atoms with E-state index in [-0.39, 0.29) is 5.41 Å². The monoisotopic (exact) mass is 832 g/mol. The lowest BCUT2D eigenvalue weighted by Gasteiger charge is -2.46. The molecule has 0 atom stereocenters. The smallest absolute Gasteiger partial charge is 0.164 e. The zero-order valence-corrected chi connectivity index (χ0v) is 36.3. The van der Waals surface area contributed by atoms with E-state index in [0.717, 1.165) is 46.6 Å². The van der Waals surface area contributed by atoms with Gasteiger partial charge in [-0.15, -0.1) is 0 Å². The van der Waals surface area contributed by atoms with Crippen molar-refractivity contribution in [2.24, 2.45) is 0 Å². The summed E-state index contributed by atoms with van der Waals surface area (Å²) in [6, 6.07) is 70.7. The fraction of sp³-hybridized carbons (Fsp3) is 0.0984. The number of para-hydroxylation sites is 2. The summed E-state index contributed by atoms with van der Waals surface area (Å²) in [5, 5.41) is 2.41. The van der Waals surface area contributed by atoms with Crippen LogP contribution in [0.2, 0.25) is 0 Å². The van der Waals surface area contributed by atoms with E-state index in [9.17, 15) is 0 Å². The lowest BCUT2D eigenvalue weighted by molar-refractivity contribution is 0.563. The van der Waals surface area contributed by atoms with Crippen LogP contribution in [0.4, 0.5) is 0 Å². The maximum absolute atomic E-state index is 5.25. The Kier molecular flexibility index (Phi) is 8.26. The van der Waals surface area contributed by atoms with Crippen molar-refractivity contribution in [3.05, 3.63) is 251 Å². The molecule has 0 saturated carbocycles. The van der Waals surface area contributed by atoms with Gasteiger partial charge in [-0.2, -0.15) is 0 Å². The minimum Gasteiger partial charge on any atom is -0.309 e. The largest absolute Gasteiger partial charge is 0.309 e. The van der Waals surface area contributed by atoms with Crippen LogP contribution >= 0.6 is 0 Å². The van der Waals surface area contributed by atoms with Gasteiger partial charge in [0.2, 0.25) is 0 Å². The Labute approximate surface area is 379 Å². The normalized spacial score (nSPS) is 15.2. The molecule has 10 aromatic rings. The topological polar surface area (TPSA) is 43.6 Å². The van der Waals surface area contributed by atoms with Crippen molar-refractivity contribution < 1.29 is 0 Å². The van der Waals surface area contributed by atoms with Crippen LogP contribution in [-0.2, 0) is 10.8 Å². The number of allylic oxidation sites excluding steroid dienone is 4. The molecule has 0 fully saturated rings. The molecule has 13 rings (SSSR count). The second kappa shape index (κ2) is 14.3. The van der Waals surface area contributed by atoms with E-state index in [4.69, 9.17) is 15.0 Å². The Morgan fingerprint density at radius 2 is 0.923 bits per heavy atom. The molecule has 2 heterocycles. The SMILES string of the molecule is CC1(C)c2ccccc2C2(c3ccccc3-c3cc(C4=CC=C(c5nc(-c6ccccc6)nc(-c6ccc7c8ccccc8n(-c8ccccc8)c7c6)n5)CC4)ccc32)c2ccccc21. The van der Waals surface area contributed by atoms with Gasteiger partial charge < -0.3 is 4.57 Å². The molecule has 4 nitrogen and oxygen atoms in total. The van der Waals surface area contributed by atoms with E-state index in [2.05, 4.69) is 206 Å². The Morgan fingerprint density at radius 1 is 0.385 bits per heavy atom. The molecule has 65 heavy (non-hydrogen) atoms. The Balaban J connectivity index is 0.922. The molecule has 0 amide bonds. The Bertz CT molecular complexity index is 3580. The van der Waals surface area contributed by atoms with Crippen molar-refractivity contribution in [2.45, 2.75) is 37.5 Å². The molecule has 0 saturated heterocycles. The zero-order chi connectivity index (χ0) is 43.3. The van der Waals surface area contributed by atoms with Crippen LogP contribution in [0, 0.1) is 0 Å². The summed E-state index contributed by atoms with van der Waals surface area (Å²) in [5.41, 5.74) is 19.4. The molecule has 3 aliphatic carbocycles. The standard InChI is InChI=1S/C61H44N4/c1-60(2)51-24-12-14-26-53(51)61(54-27-15-13-25-52(54)60)49-23-11-9-21-45(49)48-37-42(34-36-50(48)61)39-29-31-41(32-30-39)58-62-57(40-17-5-3-6-18-40)63-59(64-58)43-33-35-47-46-22-10-16-28-55(46)65(56(47)38-43)44-19-7-4-8-20-44/h3-29,31,33-38H,30,32H2,1-2H3. The maximum atomic E-state index is 5.25. The maximum Gasteiger partial charge on any atom is 0.164 e. The van der Waals surface area contributed by atoms with E-state index in [1.165, 1.54) is 71.9 Å². The second-order valence-corrected chi connectivity index (χ2v) is 18.2. The van der Waals surface area contributed by atoms with Crippen LogP contribution in [0.15, 0.2) is 206 Å². The van der Waals surface area contributed by atoms with Crippen molar-refractivity contribution in [3.63, 3.8) is 0 Å². The molecule has 0 N–H and O–H groups in total. The van der Waals surface area contributed by atoms with Gasteiger partial charge in [-0.05, 0) is 104 Å². The van der Waals surface area contributed by atoms with E-state index in [1.54, 1.807) is 0 Å². The molecule has 4 heteroatoms. The molecule has 308 valence electrons. The number of hydrogen-bond donors (Lipinski definition) is 0. The van der Waals surface area contributed by atoms with Gasteiger partial charge in [0.25, 0.3) is 0 Å². The number of benzene rings is 8. The number of hydrogen-bond acceptors (Lipinski definition) is 3. The van der Waals surface area contributed by atoms with E-state index < -0.39 is 5.41 Å². The highest BCUT2D eigenvalue weighted by atomic mass is 15.0. The van der Waals surface area contributed by atoms with Crippen LogP contribution in [0.5, 0.6) is 0 Å². The summed E-state index contributed by atoms with van der Waals surface area (Å²) in [6.45, 7) is 4.76. The molecule has 0 unspecified atom stereocenters. The molecular formula is C61H44N4. The zero-order valence-electron chi connectivity index (χ0n) is 36.3. The first-order valence-corrected chi connectivity index (χ1v) is 22.7. The van der Waals surface area contributed by atoms with Gasteiger partial charge in [-0.25, -0.2) is 15.0 Å². The summed E-state index contributed by atoms with van der Waals surface area (Å²) in [4.78, 5) is 15.6. The van der Waals surface area contributed by atoms with Crippen LogP contribution in [0.25, 0.3) is 72.5 Å². The lowest BCUT2D eigenvalue weighted by atomic mass is 9.55. The average Bonchev–Trinajstić information content (AvgIpc) is 3.86. The van der Waals surface area contributed by atoms with E-state index in [1.807, 2.05) is 18.2 Å². The van der Waals surface area contributed by atoms with Gasteiger partial charge in [0, 0.05) is 33.0 Å². The minimum absolute atomic E-state index is 0.120. The third kappa shape index (κ3) is 5.53. The van der Waals surface area contributed by atoms with Gasteiger partial charge in [0.1, 0.15) is 0 Å². The van der Waals surface area contributed by atoms with Crippen molar-refractivity contribution in [1.29, 1.82) is 0 Å². The van der Waals surface area contributed by atoms with Gasteiger partial charge in [0.05, 0.1) is 16.4 Å². The first-order chi connectivity index (χ1) is 32.0. The summed E-state index contributed by atoms with van der Waals surface area (Å²) < 4.78 is 2.34. The Morgan fingerprint density at radius 3 is 1.65 bits per heavy atom. The Hall–Kier alpha value is -7.95. The molecule has 0 aliphatic heterocycles. The molecule has 2 aromatic heterocycles. The van der Waals surface area contributed by atoms with Gasteiger partial charge in [0.15, 0.2) is 17.5 Å². The number of rotatable bonds is 5. The fourth-order valence-electron chi connectivity index (χ4n) is 11.5. The van der Waals surface area contributed by atoms with Crippen molar-refractivity contribution >= 4 is 33.0 Å². The highest BCUT2D eigenvalue weighted by molar-refractivity contribution is 6.10. The number of fused-ring (bicyclic) bond motifs is 12. The molecular weight excluding hydrogens is 789 g/mol. The van der Waals surface area contributed by atoms with Gasteiger partial charge in [-0.3, -0.25) is 0 Å². The van der Waals surface area contributed by atoms with Crippen LogP contribution in [0.3, 0.4) is 0 Å². The molecule has 0 bridgehead atoms.